The van der Waals surface area contributed by atoms with Crippen LogP contribution in [0.1, 0.15) is 24.2 Å². The molecular weight excluding hydrogens is 352 g/mol. The third kappa shape index (κ3) is 4.07. The molecule has 144 valence electrons. The third-order valence-electron chi connectivity index (χ3n) is 4.88. The number of benzene rings is 2. The van der Waals surface area contributed by atoms with Crippen LogP contribution in [0.25, 0.3) is 23.5 Å². The summed E-state index contributed by atoms with van der Waals surface area (Å²) >= 11 is 0. The average molecular weight is 376 g/mol. The van der Waals surface area contributed by atoms with Crippen molar-refractivity contribution in [2.75, 3.05) is 20.2 Å². The van der Waals surface area contributed by atoms with E-state index in [1.54, 1.807) is 13.2 Å². The first-order valence-corrected chi connectivity index (χ1v) is 9.50. The van der Waals surface area contributed by atoms with Gasteiger partial charge in [0.25, 0.3) is 0 Å². The molecule has 1 N–H and O–H groups in total. The molecule has 0 aliphatic carbocycles. The lowest BCUT2D eigenvalue weighted by molar-refractivity contribution is 0.257. The van der Waals surface area contributed by atoms with Gasteiger partial charge in [0.15, 0.2) is 11.6 Å². The molecule has 1 aliphatic rings. The normalized spacial score (nSPS) is 14.8. The van der Waals surface area contributed by atoms with Crippen LogP contribution in [0, 0.1) is 0 Å². The number of hydrogen-bond donors (Lipinski definition) is 1. The van der Waals surface area contributed by atoms with Crippen LogP contribution in [-0.4, -0.2) is 45.0 Å². The van der Waals surface area contributed by atoms with Crippen molar-refractivity contribution in [1.82, 2.24) is 19.7 Å². The predicted molar refractivity (Wildman–Crippen MR) is 110 cm³/mol. The molecule has 0 amide bonds. The molecule has 2 heterocycles. The second kappa shape index (κ2) is 8.27. The molecule has 0 atom stereocenters. The first-order valence-electron chi connectivity index (χ1n) is 9.50. The van der Waals surface area contributed by atoms with E-state index in [0.717, 1.165) is 24.4 Å². The Morgan fingerprint density at radius 2 is 1.89 bits per heavy atom. The summed E-state index contributed by atoms with van der Waals surface area (Å²) in [5.41, 5.74) is 1.70. The van der Waals surface area contributed by atoms with Gasteiger partial charge in [0.05, 0.1) is 19.3 Å². The van der Waals surface area contributed by atoms with E-state index in [4.69, 9.17) is 4.74 Å². The second-order valence-corrected chi connectivity index (χ2v) is 6.89. The second-order valence-electron chi connectivity index (χ2n) is 6.89. The van der Waals surface area contributed by atoms with Gasteiger partial charge in [0.1, 0.15) is 11.5 Å². The Hall–Kier alpha value is -3.12. The van der Waals surface area contributed by atoms with Gasteiger partial charge in [-0.1, -0.05) is 30.3 Å². The quantitative estimate of drug-likeness (QED) is 0.707. The standard InChI is InChI=1S/C22H24N4O2/c1-28-18-8-6-7-17(15-18)11-12-21-23-22(19-9-2-3-10-20(19)27)26(24-21)16-25-13-4-5-14-25/h2-3,6-12,15,27H,4-5,13-14,16H2,1H3/b12-11+. The van der Waals surface area contributed by atoms with Crippen LogP contribution in [0.4, 0.5) is 0 Å². The summed E-state index contributed by atoms with van der Waals surface area (Å²) in [4.78, 5) is 7.04. The molecule has 1 aliphatic heterocycles. The molecular formula is C22H24N4O2. The SMILES string of the molecule is COc1cccc(/C=C/c2nc(-c3ccccc3O)n(CN3CCCC3)n2)c1. The smallest absolute Gasteiger partial charge is 0.174 e. The number of likely N-dealkylation sites (tertiary alicyclic amines) is 1. The van der Waals surface area contributed by atoms with Gasteiger partial charge in [0, 0.05) is 0 Å². The van der Waals surface area contributed by atoms with Crippen molar-refractivity contribution >= 4 is 12.2 Å². The highest BCUT2D eigenvalue weighted by Crippen LogP contribution is 2.28. The number of para-hydroxylation sites is 1. The van der Waals surface area contributed by atoms with Gasteiger partial charge in [-0.25, -0.2) is 9.67 Å². The zero-order valence-corrected chi connectivity index (χ0v) is 16.0. The van der Waals surface area contributed by atoms with Crippen molar-refractivity contribution in [1.29, 1.82) is 0 Å². The first kappa shape index (κ1) is 18.3. The van der Waals surface area contributed by atoms with Gasteiger partial charge in [-0.2, -0.15) is 0 Å². The Kier molecular flexibility index (Phi) is 5.39. The minimum absolute atomic E-state index is 0.209. The van der Waals surface area contributed by atoms with Gasteiger partial charge < -0.3 is 9.84 Å². The molecule has 1 saturated heterocycles. The van der Waals surface area contributed by atoms with E-state index in [0.29, 0.717) is 23.9 Å². The Morgan fingerprint density at radius 1 is 1.07 bits per heavy atom. The number of nitrogens with zero attached hydrogens (tertiary/aromatic N) is 4. The van der Waals surface area contributed by atoms with Gasteiger partial charge in [-0.15, -0.1) is 5.10 Å². The molecule has 0 unspecified atom stereocenters. The lowest BCUT2D eigenvalue weighted by Gasteiger charge is -2.16. The Bertz CT molecular complexity index is 974. The van der Waals surface area contributed by atoms with E-state index in [9.17, 15) is 5.11 Å². The summed E-state index contributed by atoms with van der Waals surface area (Å²) < 4.78 is 7.15. The summed E-state index contributed by atoms with van der Waals surface area (Å²) in [6.07, 6.45) is 6.28. The van der Waals surface area contributed by atoms with Crippen LogP contribution in [-0.2, 0) is 6.67 Å². The van der Waals surface area contributed by atoms with Crippen LogP contribution in [0.5, 0.6) is 11.5 Å². The Labute approximate surface area is 164 Å². The fourth-order valence-electron chi connectivity index (χ4n) is 3.42. The highest BCUT2D eigenvalue weighted by atomic mass is 16.5. The van der Waals surface area contributed by atoms with Gasteiger partial charge in [-0.3, -0.25) is 4.90 Å². The zero-order chi connectivity index (χ0) is 19.3. The van der Waals surface area contributed by atoms with E-state index < -0.39 is 0 Å². The topological polar surface area (TPSA) is 63.4 Å². The lowest BCUT2D eigenvalue weighted by atomic mass is 10.2. The summed E-state index contributed by atoms with van der Waals surface area (Å²) in [5, 5.41) is 15.0. The minimum atomic E-state index is 0.209. The van der Waals surface area contributed by atoms with Crippen molar-refractivity contribution in [3.63, 3.8) is 0 Å². The highest BCUT2D eigenvalue weighted by Gasteiger charge is 2.18. The zero-order valence-electron chi connectivity index (χ0n) is 16.0. The average Bonchev–Trinajstić information content (AvgIpc) is 3.37. The number of aromatic hydroxyl groups is 1. The summed E-state index contributed by atoms with van der Waals surface area (Å²) in [6.45, 7) is 2.80. The van der Waals surface area contributed by atoms with Crippen LogP contribution in [0.2, 0.25) is 0 Å². The molecule has 28 heavy (non-hydrogen) atoms. The molecule has 4 rings (SSSR count). The number of hydrogen-bond acceptors (Lipinski definition) is 5. The van der Waals surface area contributed by atoms with E-state index in [1.807, 2.05) is 59.3 Å². The molecule has 2 aromatic carbocycles. The number of rotatable bonds is 6. The van der Waals surface area contributed by atoms with Gasteiger partial charge in [-0.05, 0) is 61.8 Å². The number of aromatic nitrogens is 3. The fraction of sp³-hybridized carbons (Fsp3) is 0.273. The monoisotopic (exact) mass is 376 g/mol. The summed E-state index contributed by atoms with van der Waals surface area (Å²) in [5.74, 6) is 2.31. The van der Waals surface area contributed by atoms with Crippen molar-refractivity contribution in [3.8, 4) is 22.9 Å². The van der Waals surface area contributed by atoms with E-state index >= 15 is 0 Å². The number of ether oxygens (including phenoxy) is 1. The largest absolute Gasteiger partial charge is 0.507 e. The van der Waals surface area contributed by atoms with E-state index in [-0.39, 0.29) is 5.75 Å². The van der Waals surface area contributed by atoms with E-state index in [2.05, 4.69) is 15.0 Å². The molecule has 3 aromatic rings. The molecule has 0 saturated carbocycles. The molecule has 0 spiro atoms. The Balaban J connectivity index is 1.66. The van der Waals surface area contributed by atoms with Crippen molar-refractivity contribution in [3.05, 3.63) is 59.9 Å². The first-order chi connectivity index (χ1) is 13.7. The summed E-state index contributed by atoms with van der Waals surface area (Å²) in [7, 11) is 1.66. The van der Waals surface area contributed by atoms with Gasteiger partial charge in [0.2, 0.25) is 0 Å². The number of phenolic OH excluding ortho intramolecular Hbond substituents is 1. The van der Waals surface area contributed by atoms with E-state index in [1.165, 1.54) is 12.8 Å². The third-order valence-corrected chi connectivity index (χ3v) is 4.88. The number of methoxy groups -OCH3 is 1. The summed E-state index contributed by atoms with van der Waals surface area (Å²) in [6, 6.07) is 15.1. The molecule has 0 radical (unpaired) electrons. The highest BCUT2D eigenvalue weighted by molar-refractivity contribution is 5.69. The van der Waals surface area contributed by atoms with Crippen LogP contribution >= 0.6 is 0 Å². The van der Waals surface area contributed by atoms with Crippen LogP contribution in [0.3, 0.4) is 0 Å². The predicted octanol–water partition coefficient (Wildman–Crippen LogP) is 3.88. The maximum Gasteiger partial charge on any atom is 0.174 e. The van der Waals surface area contributed by atoms with Crippen LogP contribution < -0.4 is 4.74 Å². The molecule has 1 fully saturated rings. The molecule has 0 bridgehead atoms. The van der Waals surface area contributed by atoms with Crippen molar-refractivity contribution < 1.29 is 9.84 Å². The number of phenols is 1. The minimum Gasteiger partial charge on any atom is -0.507 e. The van der Waals surface area contributed by atoms with Crippen molar-refractivity contribution in [2.24, 2.45) is 0 Å². The molecule has 6 heteroatoms. The maximum absolute atomic E-state index is 10.3. The van der Waals surface area contributed by atoms with Gasteiger partial charge >= 0.3 is 0 Å². The van der Waals surface area contributed by atoms with Crippen molar-refractivity contribution in [2.45, 2.75) is 19.5 Å². The lowest BCUT2D eigenvalue weighted by Crippen LogP contribution is -2.24. The van der Waals surface area contributed by atoms with Crippen LogP contribution in [0.15, 0.2) is 48.5 Å². The maximum atomic E-state index is 10.3. The fourth-order valence-corrected chi connectivity index (χ4v) is 3.42. The Morgan fingerprint density at radius 3 is 2.68 bits per heavy atom. The molecule has 1 aromatic heterocycles. The molecule has 6 nitrogen and oxygen atoms in total.